The van der Waals surface area contributed by atoms with E-state index in [0.717, 1.165) is 25.7 Å². The lowest BCUT2D eigenvalue weighted by Gasteiger charge is -2.44. The van der Waals surface area contributed by atoms with Gasteiger partial charge in [0.2, 0.25) is 0 Å². The Morgan fingerprint density at radius 1 is 0.917 bits per heavy atom. The molecule has 0 atom stereocenters. The lowest BCUT2D eigenvalue weighted by Crippen LogP contribution is -2.67. The molecule has 1 N–H and O–H groups in total. The smallest absolute Gasteiger partial charge is 0.261 e. The lowest BCUT2D eigenvalue weighted by molar-refractivity contribution is -0.132. The van der Waals surface area contributed by atoms with Crippen LogP contribution in [0.4, 0.5) is 0 Å². The van der Waals surface area contributed by atoms with Crippen molar-refractivity contribution in [2.75, 3.05) is 19.8 Å². The zero-order chi connectivity index (χ0) is 26.5. The highest BCUT2D eigenvalue weighted by Crippen LogP contribution is 2.39. The highest BCUT2D eigenvalue weighted by molar-refractivity contribution is 6.99. The summed E-state index contributed by atoms with van der Waals surface area (Å²) in [6, 6.07) is 21.5. The third-order valence-corrected chi connectivity index (χ3v) is 12.8. The van der Waals surface area contributed by atoms with Gasteiger partial charge in [-0.2, -0.15) is 0 Å². The quantitative estimate of drug-likeness (QED) is 0.338. The Morgan fingerprint density at radius 3 is 1.86 bits per heavy atom. The summed E-state index contributed by atoms with van der Waals surface area (Å²) in [6.45, 7) is 13.9. The van der Waals surface area contributed by atoms with Crippen molar-refractivity contribution in [3.8, 4) is 0 Å². The Kier molecular flexibility index (Phi) is 9.37. The molecule has 0 aromatic heterocycles. The highest BCUT2D eigenvalue weighted by Gasteiger charge is 2.50. The van der Waals surface area contributed by atoms with E-state index in [1.165, 1.54) is 10.4 Å². The Morgan fingerprint density at radius 2 is 1.42 bits per heavy atom. The number of hydrogen-bond donors (Lipinski definition) is 1. The molecule has 36 heavy (non-hydrogen) atoms. The molecule has 0 unspecified atom stereocenters. The zero-order valence-corrected chi connectivity index (χ0v) is 24.2. The SMILES string of the molecule is CC(C)(C)C(=O)COCCC1(O)CCC(CO[Si](c2ccccc2)(c2ccccc2)C(C)(C)C)CC1. The number of ketones is 1. The van der Waals surface area contributed by atoms with Gasteiger partial charge >= 0.3 is 0 Å². The fourth-order valence-corrected chi connectivity index (χ4v) is 9.92. The topological polar surface area (TPSA) is 55.8 Å². The maximum atomic E-state index is 12.1. The van der Waals surface area contributed by atoms with E-state index in [-0.39, 0.29) is 22.8 Å². The molecule has 5 heteroatoms. The maximum Gasteiger partial charge on any atom is 0.261 e. The fraction of sp³-hybridized carbons (Fsp3) is 0.581. The molecule has 0 aliphatic heterocycles. The van der Waals surface area contributed by atoms with Crippen LogP contribution in [-0.4, -0.2) is 44.6 Å². The minimum Gasteiger partial charge on any atom is -0.407 e. The van der Waals surface area contributed by atoms with Gasteiger partial charge in [-0.1, -0.05) is 102 Å². The first kappa shape index (κ1) is 28.8. The number of Topliss-reactive ketones (excluding diaryl/α,β-unsaturated/α-hetero) is 1. The zero-order valence-electron chi connectivity index (χ0n) is 23.2. The average molecular weight is 511 g/mol. The number of rotatable bonds is 10. The van der Waals surface area contributed by atoms with Gasteiger partial charge in [0.1, 0.15) is 6.61 Å². The van der Waals surface area contributed by atoms with Gasteiger partial charge in [-0.3, -0.25) is 4.79 Å². The van der Waals surface area contributed by atoms with E-state index in [0.29, 0.717) is 25.6 Å². The molecule has 1 fully saturated rings. The maximum absolute atomic E-state index is 12.1. The summed E-state index contributed by atoms with van der Waals surface area (Å²) < 4.78 is 12.7. The second-order valence-electron chi connectivity index (χ2n) is 12.6. The molecular weight excluding hydrogens is 464 g/mol. The molecule has 1 aliphatic rings. The van der Waals surface area contributed by atoms with Crippen LogP contribution < -0.4 is 10.4 Å². The Labute approximate surface area is 219 Å². The van der Waals surface area contributed by atoms with Gasteiger partial charge < -0.3 is 14.3 Å². The van der Waals surface area contributed by atoms with Crippen LogP contribution in [0.15, 0.2) is 60.7 Å². The van der Waals surface area contributed by atoms with E-state index < -0.39 is 13.9 Å². The Bertz CT molecular complexity index is 912. The first-order valence-electron chi connectivity index (χ1n) is 13.5. The molecule has 0 amide bonds. The van der Waals surface area contributed by atoms with Crippen LogP contribution in [0.25, 0.3) is 0 Å². The summed E-state index contributed by atoms with van der Waals surface area (Å²) in [5.74, 6) is 0.522. The van der Waals surface area contributed by atoms with Crippen LogP contribution in [0.3, 0.4) is 0 Å². The molecule has 0 bridgehead atoms. The van der Waals surface area contributed by atoms with Crippen LogP contribution in [0, 0.1) is 11.3 Å². The standard InChI is InChI=1S/C31H46O4Si/c1-29(2,3)28(32)24-34-22-21-31(33)19-17-25(18-20-31)23-35-36(30(4,5)6,26-13-9-7-10-14-26)27-15-11-8-12-16-27/h7-16,25,33H,17-24H2,1-6H3. The molecule has 4 nitrogen and oxygen atoms in total. The van der Waals surface area contributed by atoms with Crippen molar-refractivity contribution < 1.29 is 19.1 Å². The van der Waals surface area contributed by atoms with Gasteiger partial charge in [0, 0.05) is 18.6 Å². The third kappa shape index (κ3) is 6.94. The molecule has 1 saturated carbocycles. The molecule has 2 aromatic carbocycles. The Hall–Kier alpha value is -1.79. The van der Waals surface area contributed by atoms with Crippen LogP contribution >= 0.6 is 0 Å². The van der Waals surface area contributed by atoms with Crippen molar-refractivity contribution >= 4 is 24.5 Å². The fourth-order valence-electron chi connectivity index (χ4n) is 5.28. The van der Waals surface area contributed by atoms with Crippen LogP contribution in [0.1, 0.15) is 73.6 Å². The molecule has 2 aromatic rings. The van der Waals surface area contributed by atoms with Crippen molar-refractivity contribution in [2.45, 2.75) is 84.3 Å². The van der Waals surface area contributed by atoms with Crippen molar-refractivity contribution in [2.24, 2.45) is 11.3 Å². The number of ether oxygens (including phenoxy) is 1. The number of carbonyl (C=O) groups excluding carboxylic acids is 1. The van der Waals surface area contributed by atoms with Crippen molar-refractivity contribution in [1.82, 2.24) is 0 Å². The third-order valence-electron chi connectivity index (χ3n) is 7.77. The van der Waals surface area contributed by atoms with E-state index in [9.17, 15) is 9.90 Å². The van der Waals surface area contributed by atoms with Crippen LogP contribution in [-0.2, 0) is 14.0 Å². The predicted molar refractivity (Wildman–Crippen MR) is 150 cm³/mol. The van der Waals surface area contributed by atoms with Crippen molar-refractivity contribution in [1.29, 1.82) is 0 Å². The predicted octanol–water partition coefficient (Wildman–Crippen LogP) is 5.51. The summed E-state index contributed by atoms with van der Waals surface area (Å²) >= 11 is 0. The van der Waals surface area contributed by atoms with Gasteiger partial charge in [0.15, 0.2) is 5.78 Å². The summed E-state index contributed by atoms with van der Waals surface area (Å²) in [4.78, 5) is 12.1. The van der Waals surface area contributed by atoms with Crippen molar-refractivity contribution in [3.63, 3.8) is 0 Å². The summed E-state index contributed by atoms with van der Waals surface area (Å²) in [5, 5.41) is 13.7. The first-order valence-corrected chi connectivity index (χ1v) is 15.4. The minimum absolute atomic E-state index is 0.0348. The Balaban J connectivity index is 1.63. The van der Waals surface area contributed by atoms with Crippen LogP contribution in [0.5, 0.6) is 0 Å². The van der Waals surface area contributed by atoms with Crippen molar-refractivity contribution in [3.05, 3.63) is 60.7 Å². The monoisotopic (exact) mass is 510 g/mol. The first-order chi connectivity index (χ1) is 16.9. The lowest BCUT2D eigenvalue weighted by atomic mass is 9.77. The largest absolute Gasteiger partial charge is 0.407 e. The minimum atomic E-state index is -2.54. The summed E-state index contributed by atoms with van der Waals surface area (Å²) in [6.07, 6.45) is 3.95. The van der Waals surface area contributed by atoms with E-state index in [2.05, 4.69) is 81.4 Å². The van der Waals surface area contributed by atoms with E-state index in [1.807, 2.05) is 20.8 Å². The molecule has 1 aliphatic carbocycles. The number of benzene rings is 2. The normalized spacial score (nSPS) is 21.4. The van der Waals surface area contributed by atoms with E-state index >= 15 is 0 Å². The molecule has 0 saturated heterocycles. The molecule has 198 valence electrons. The van der Waals surface area contributed by atoms with Gasteiger partial charge in [-0.05, 0) is 53.4 Å². The molecular formula is C31H46O4Si. The highest BCUT2D eigenvalue weighted by atomic mass is 28.4. The number of carbonyl (C=O) groups is 1. The summed E-state index contributed by atoms with van der Waals surface area (Å²) in [5.41, 5.74) is -1.10. The second kappa shape index (κ2) is 11.7. The number of hydrogen-bond acceptors (Lipinski definition) is 4. The molecule has 0 heterocycles. The second-order valence-corrected chi connectivity index (χ2v) is 16.9. The van der Waals surface area contributed by atoms with Gasteiger partial charge in [-0.15, -0.1) is 0 Å². The number of aliphatic hydroxyl groups is 1. The van der Waals surface area contributed by atoms with Crippen LogP contribution in [0.2, 0.25) is 5.04 Å². The van der Waals surface area contributed by atoms with Gasteiger partial charge in [-0.25, -0.2) is 0 Å². The van der Waals surface area contributed by atoms with Gasteiger partial charge in [0.25, 0.3) is 8.32 Å². The van der Waals surface area contributed by atoms with Gasteiger partial charge in [0.05, 0.1) is 5.60 Å². The van der Waals surface area contributed by atoms with E-state index in [4.69, 9.17) is 9.16 Å². The summed E-state index contributed by atoms with van der Waals surface area (Å²) in [7, 11) is -2.54. The van der Waals surface area contributed by atoms with E-state index in [1.54, 1.807) is 0 Å². The molecule has 3 rings (SSSR count). The molecule has 0 radical (unpaired) electrons. The average Bonchev–Trinajstić information content (AvgIpc) is 2.83. The molecule has 0 spiro atoms.